The van der Waals surface area contributed by atoms with Gasteiger partial charge in [0.1, 0.15) is 13.2 Å². The van der Waals surface area contributed by atoms with Gasteiger partial charge < -0.3 is 14.2 Å². The Morgan fingerprint density at radius 3 is 0.699 bits per heavy atom. The second kappa shape index (κ2) is 71.6. The first kappa shape index (κ1) is 80.1. The largest absolute Gasteiger partial charge is 0.462 e. The molecular formula is C77H140O6. The molecule has 0 N–H and O–H groups in total. The molecule has 1 atom stereocenters. The first-order chi connectivity index (χ1) is 41.0. The van der Waals surface area contributed by atoms with E-state index in [0.29, 0.717) is 19.3 Å². The van der Waals surface area contributed by atoms with Crippen LogP contribution in [0.4, 0.5) is 0 Å². The summed E-state index contributed by atoms with van der Waals surface area (Å²) in [4.78, 5) is 38.5. The number of carbonyl (C=O) groups excluding carboxylic acids is 3. The average molecular weight is 1160 g/mol. The van der Waals surface area contributed by atoms with E-state index in [1.165, 1.54) is 283 Å². The molecule has 0 heterocycles. The van der Waals surface area contributed by atoms with Gasteiger partial charge in [0.05, 0.1) is 0 Å². The van der Waals surface area contributed by atoms with Crippen LogP contribution in [0, 0.1) is 0 Å². The van der Waals surface area contributed by atoms with Crippen molar-refractivity contribution in [1.82, 2.24) is 0 Å². The molecule has 6 heteroatoms. The molecule has 0 aliphatic rings. The maximum atomic E-state index is 13.0. The normalized spacial score (nSPS) is 12.4. The highest BCUT2D eigenvalue weighted by molar-refractivity contribution is 5.71. The van der Waals surface area contributed by atoms with Crippen LogP contribution >= 0.6 is 0 Å². The fraction of sp³-hybridized carbons (Fsp3) is 0.831. The van der Waals surface area contributed by atoms with E-state index in [1.807, 2.05) is 0 Å². The van der Waals surface area contributed by atoms with Crippen LogP contribution in [0.2, 0.25) is 0 Å². The maximum absolute atomic E-state index is 13.0. The van der Waals surface area contributed by atoms with Crippen molar-refractivity contribution in [3.8, 4) is 0 Å². The third-order valence-corrected chi connectivity index (χ3v) is 16.5. The minimum absolute atomic E-state index is 0.0731. The molecule has 0 saturated heterocycles. The Kier molecular flexibility index (Phi) is 69.1. The van der Waals surface area contributed by atoms with E-state index in [2.05, 4.69) is 81.5 Å². The summed E-state index contributed by atoms with van der Waals surface area (Å²) >= 11 is 0. The number of unbranched alkanes of at least 4 members (excludes halogenated alkanes) is 47. The summed E-state index contributed by atoms with van der Waals surface area (Å²) in [6, 6.07) is 0. The summed E-state index contributed by atoms with van der Waals surface area (Å²) < 4.78 is 17.0. The molecule has 0 aromatic carbocycles. The molecule has 0 aromatic rings. The first-order valence-corrected chi connectivity index (χ1v) is 36.8. The molecule has 0 amide bonds. The molecule has 0 aliphatic carbocycles. The van der Waals surface area contributed by atoms with Gasteiger partial charge in [-0.3, -0.25) is 14.4 Å². The Morgan fingerprint density at radius 1 is 0.241 bits per heavy atom. The quantitative estimate of drug-likeness (QED) is 0.0261. The van der Waals surface area contributed by atoms with Crippen molar-refractivity contribution in [2.75, 3.05) is 13.2 Å². The third kappa shape index (κ3) is 69.8. The van der Waals surface area contributed by atoms with E-state index in [1.54, 1.807) is 0 Å². The molecule has 0 spiro atoms. The molecule has 0 saturated carbocycles. The Morgan fingerprint density at radius 2 is 0.434 bits per heavy atom. The van der Waals surface area contributed by atoms with Gasteiger partial charge in [0.15, 0.2) is 6.10 Å². The van der Waals surface area contributed by atoms with Crippen LogP contribution in [0.3, 0.4) is 0 Å². The van der Waals surface area contributed by atoms with Crippen molar-refractivity contribution >= 4 is 17.9 Å². The lowest BCUT2D eigenvalue weighted by atomic mass is 10.0. The number of hydrogen-bond donors (Lipinski definition) is 0. The van der Waals surface area contributed by atoms with Crippen LogP contribution in [-0.2, 0) is 28.6 Å². The van der Waals surface area contributed by atoms with Crippen molar-refractivity contribution < 1.29 is 28.6 Å². The zero-order valence-electron chi connectivity index (χ0n) is 55.7. The van der Waals surface area contributed by atoms with Crippen LogP contribution in [0.5, 0.6) is 0 Å². The molecule has 0 rings (SSSR count). The summed E-state index contributed by atoms with van der Waals surface area (Å²) in [5, 5.41) is 0. The number of esters is 3. The van der Waals surface area contributed by atoms with Gasteiger partial charge in [-0.25, -0.2) is 0 Å². The van der Waals surface area contributed by atoms with E-state index < -0.39 is 6.10 Å². The number of hydrogen-bond acceptors (Lipinski definition) is 6. The minimum Gasteiger partial charge on any atom is -0.462 e. The lowest BCUT2D eigenvalue weighted by Crippen LogP contribution is -2.30. The lowest BCUT2D eigenvalue weighted by molar-refractivity contribution is -0.167. The van der Waals surface area contributed by atoms with Crippen molar-refractivity contribution in [3.63, 3.8) is 0 Å². The second-order valence-electron chi connectivity index (χ2n) is 24.8. The van der Waals surface area contributed by atoms with Gasteiger partial charge in [-0.1, -0.05) is 326 Å². The molecule has 0 aliphatic heterocycles. The van der Waals surface area contributed by atoms with Crippen LogP contribution in [0.1, 0.15) is 393 Å². The van der Waals surface area contributed by atoms with Gasteiger partial charge in [0, 0.05) is 19.3 Å². The molecule has 1 unspecified atom stereocenters. The summed E-state index contributed by atoms with van der Waals surface area (Å²) in [6.45, 7) is 6.66. The van der Waals surface area contributed by atoms with Crippen LogP contribution in [-0.4, -0.2) is 37.2 Å². The highest BCUT2D eigenvalue weighted by atomic mass is 16.6. The summed E-state index contributed by atoms with van der Waals surface area (Å²) in [5.74, 6) is -0.854. The minimum atomic E-state index is -0.779. The Labute approximate surface area is 517 Å². The number of rotatable bonds is 68. The molecule has 0 fully saturated rings. The number of carbonyl (C=O) groups is 3. The lowest BCUT2D eigenvalue weighted by Gasteiger charge is -2.18. The Balaban J connectivity index is 4.30. The smallest absolute Gasteiger partial charge is 0.306 e. The third-order valence-electron chi connectivity index (χ3n) is 16.5. The van der Waals surface area contributed by atoms with Gasteiger partial charge in [0.25, 0.3) is 0 Å². The topological polar surface area (TPSA) is 78.9 Å². The Hall–Kier alpha value is -2.89. The van der Waals surface area contributed by atoms with Crippen molar-refractivity contribution in [1.29, 1.82) is 0 Å². The van der Waals surface area contributed by atoms with Crippen LogP contribution in [0.25, 0.3) is 0 Å². The van der Waals surface area contributed by atoms with Crippen LogP contribution < -0.4 is 0 Å². The summed E-state index contributed by atoms with van der Waals surface area (Å²) in [5.41, 5.74) is 0. The fourth-order valence-electron chi connectivity index (χ4n) is 10.9. The predicted octanol–water partition coefficient (Wildman–Crippen LogP) is 25.5. The predicted molar refractivity (Wildman–Crippen MR) is 362 cm³/mol. The van der Waals surface area contributed by atoms with Crippen LogP contribution in [0.15, 0.2) is 60.8 Å². The molecule has 0 radical (unpaired) electrons. The molecule has 484 valence electrons. The van der Waals surface area contributed by atoms with E-state index in [4.69, 9.17) is 14.2 Å². The second-order valence-corrected chi connectivity index (χ2v) is 24.8. The number of ether oxygens (including phenoxy) is 3. The van der Waals surface area contributed by atoms with Crippen molar-refractivity contribution in [2.24, 2.45) is 0 Å². The summed E-state index contributed by atoms with van der Waals surface area (Å²) in [7, 11) is 0. The maximum Gasteiger partial charge on any atom is 0.306 e. The monoisotopic (exact) mass is 1160 g/mol. The van der Waals surface area contributed by atoms with Crippen molar-refractivity contribution in [3.05, 3.63) is 60.8 Å². The van der Waals surface area contributed by atoms with Gasteiger partial charge in [-0.2, -0.15) is 0 Å². The molecule has 0 aromatic heterocycles. The highest BCUT2D eigenvalue weighted by Gasteiger charge is 2.19. The molecular weight excluding hydrogens is 1020 g/mol. The molecule has 6 nitrogen and oxygen atoms in total. The average Bonchev–Trinajstić information content (AvgIpc) is 3.50. The number of allylic oxidation sites excluding steroid dienone is 10. The van der Waals surface area contributed by atoms with E-state index in [0.717, 1.165) is 70.6 Å². The van der Waals surface area contributed by atoms with E-state index >= 15 is 0 Å². The van der Waals surface area contributed by atoms with E-state index in [-0.39, 0.29) is 31.1 Å². The van der Waals surface area contributed by atoms with Gasteiger partial charge in [-0.05, 0) is 109 Å². The fourth-order valence-corrected chi connectivity index (χ4v) is 10.9. The zero-order valence-corrected chi connectivity index (χ0v) is 55.7. The highest BCUT2D eigenvalue weighted by Crippen LogP contribution is 2.18. The molecule has 83 heavy (non-hydrogen) atoms. The first-order valence-electron chi connectivity index (χ1n) is 36.8. The van der Waals surface area contributed by atoms with Gasteiger partial charge in [-0.15, -0.1) is 0 Å². The van der Waals surface area contributed by atoms with Crippen molar-refractivity contribution in [2.45, 2.75) is 399 Å². The standard InChI is InChI=1S/C77H140O6/c1-4-7-10-13-16-19-22-25-28-31-34-35-36-37-38-39-40-41-44-46-49-52-55-58-61-64-67-70-76(79)82-73-74(83-77(80)71-68-65-62-59-56-53-50-47-43-33-30-27-24-21-18-15-12-9-6-3)72-81-75(78)69-66-63-60-57-54-51-48-45-42-32-29-26-23-20-17-14-11-8-5-2/h18,21-22,25-27,29-31,34,74H,4-17,19-20,23-24,28,32-33,35-73H2,1-3H3/b21-18-,25-22-,29-26-,30-27-,34-31-. The zero-order chi connectivity index (χ0) is 59.9. The van der Waals surface area contributed by atoms with Gasteiger partial charge >= 0.3 is 17.9 Å². The molecule has 0 bridgehead atoms. The van der Waals surface area contributed by atoms with Gasteiger partial charge in [0.2, 0.25) is 0 Å². The van der Waals surface area contributed by atoms with E-state index in [9.17, 15) is 14.4 Å². The SMILES string of the molecule is CCCCC/C=C\C/C=C\CCCCCCCCCCCC(=O)OC(COC(=O)CCCCCCCCCCC/C=C\CCCCCCCC)COC(=O)CCCCCCCCCCCCCCCCC/C=C\C/C=C\CCCCCCC. The Bertz CT molecular complexity index is 1470. The summed E-state index contributed by atoms with van der Waals surface area (Å²) in [6.07, 6.45) is 92.5.